The smallest absolute Gasteiger partial charge is 0.228 e. The fraction of sp³-hybridized carbons (Fsp3) is 0.818. The number of methoxy groups -OCH3 is 1. The quantitative estimate of drug-likeness (QED) is 0.803. The Morgan fingerprint density at radius 2 is 2.50 bits per heavy atom. The van der Waals surface area contributed by atoms with Crippen molar-refractivity contribution in [3.8, 4) is 0 Å². The summed E-state index contributed by atoms with van der Waals surface area (Å²) in [5.74, 6) is 2.17. The van der Waals surface area contributed by atoms with Gasteiger partial charge in [0.05, 0.1) is 13.0 Å². The maximum Gasteiger partial charge on any atom is 0.228 e. The number of nitrogens with one attached hydrogen (secondary N) is 1. The van der Waals surface area contributed by atoms with E-state index in [0.717, 1.165) is 25.3 Å². The molecule has 1 unspecified atom stereocenters. The molecule has 1 aromatic heterocycles. The number of aromatic nitrogens is 2. The molecular formula is C11H19N3O2. The van der Waals surface area contributed by atoms with Gasteiger partial charge in [-0.3, -0.25) is 0 Å². The van der Waals surface area contributed by atoms with Crippen molar-refractivity contribution in [3.05, 3.63) is 11.7 Å². The molecule has 2 heterocycles. The summed E-state index contributed by atoms with van der Waals surface area (Å²) in [4.78, 5) is 4.36. The highest BCUT2D eigenvalue weighted by molar-refractivity contribution is 4.89. The van der Waals surface area contributed by atoms with Gasteiger partial charge in [0.25, 0.3) is 0 Å². The van der Waals surface area contributed by atoms with Crippen LogP contribution in [0.4, 0.5) is 0 Å². The van der Waals surface area contributed by atoms with Gasteiger partial charge in [0.1, 0.15) is 0 Å². The van der Waals surface area contributed by atoms with Gasteiger partial charge in [0, 0.05) is 13.5 Å². The van der Waals surface area contributed by atoms with Crippen LogP contribution in [0.15, 0.2) is 4.52 Å². The molecule has 0 saturated carbocycles. The van der Waals surface area contributed by atoms with Gasteiger partial charge < -0.3 is 14.6 Å². The molecule has 0 aromatic carbocycles. The molecule has 5 heteroatoms. The summed E-state index contributed by atoms with van der Waals surface area (Å²) in [6.45, 7) is 2.84. The average Bonchev–Trinajstić information content (AvgIpc) is 2.75. The Balaban J connectivity index is 1.81. The van der Waals surface area contributed by atoms with Gasteiger partial charge in [-0.15, -0.1) is 0 Å². The van der Waals surface area contributed by atoms with E-state index in [4.69, 9.17) is 9.26 Å². The molecule has 0 bridgehead atoms. The van der Waals surface area contributed by atoms with Crippen molar-refractivity contribution in [1.82, 2.24) is 15.5 Å². The van der Waals surface area contributed by atoms with Crippen molar-refractivity contribution >= 4 is 0 Å². The maximum atomic E-state index is 5.15. The summed E-state index contributed by atoms with van der Waals surface area (Å²) < 4.78 is 10.1. The lowest BCUT2D eigenvalue weighted by atomic mass is 9.96. The fourth-order valence-corrected chi connectivity index (χ4v) is 2.02. The van der Waals surface area contributed by atoms with E-state index in [0.29, 0.717) is 24.8 Å². The van der Waals surface area contributed by atoms with Crippen LogP contribution in [0.5, 0.6) is 0 Å². The number of nitrogens with zero attached hydrogens (tertiary/aromatic N) is 2. The van der Waals surface area contributed by atoms with Crippen molar-refractivity contribution in [2.24, 2.45) is 5.92 Å². The number of ether oxygens (including phenoxy) is 1. The van der Waals surface area contributed by atoms with Gasteiger partial charge in [0.15, 0.2) is 5.82 Å². The lowest BCUT2D eigenvalue weighted by molar-refractivity contribution is 0.192. The number of rotatable bonds is 5. The van der Waals surface area contributed by atoms with Crippen molar-refractivity contribution in [2.75, 3.05) is 26.8 Å². The SMILES string of the molecule is COCCc1nc(CC2CCCNC2)no1. The van der Waals surface area contributed by atoms with E-state index >= 15 is 0 Å². The molecule has 0 amide bonds. The van der Waals surface area contributed by atoms with E-state index in [-0.39, 0.29) is 0 Å². The Hall–Kier alpha value is -0.940. The second-order valence-corrected chi connectivity index (χ2v) is 4.26. The molecule has 5 nitrogen and oxygen atoms in total. The van der Waals surface area contributed by atoms with Crippen molar-refractivity contribution < 1.29 is 9.26 Å². The first-order valence-corrected chi connectivity index (χ1v) is 5.89. The molecule has 0 aliphatic carbocycles. The van der Waals surface area contributed by atoms with Crippen LogP contribution in [0, 0.1) is 5.92 Å². The number of hydrogen-bond donors (Lipinski definition) is 1. The molecule has 16 heavy (non-hydrogen) atoms. The highest BCUT2D eigenvalue weighted by Crippen LogP contribution is 2.14. The van der Waals surface area contributed by atoms with E-state index < -0.39 is 0 Å². The maximum absolute atomic E-state index is 5.15. The highest BCUT2D eigenvalue weighted by Gasteiger charge is 2.16. The molecule has 2 rings (SSSR count). The number of piperidine rings is 1. The van der Waals surface area contributed by atoms with Gasteiger partial charge in [-0.2, -0.15) is 4.98 Å². The van der Waals surface area contributed by atoms with Crippen LogP contribution in [0.1, 0.15) is 24.6 Å². The third-order valence-corrected chi connectivity index (χ3v) is 2.90. The van der Waals surface area contributed by atoms with Crippen LogP contribution >= 0.6 is 0 Å². The van der Waals surface area contributed by atoms with Gasteiger partial charge in [0.2, 0.25) is 5.89 Å². The largest absolute Gasteiger partial charge is 0.384 e. The Morgan fingerprint density at radius 1 is 1.56 bits per heavy atom. The van der Waals surface area contributed by atoms with Crippen molar-refractivity contribution in [3.63, 3.8) is 0 Å². The van der Waals surface area contributed by atoms with Crippen molar-refractivity contribution in [2.45, 2.75) is 25.7 Å². The van der Waals surface area contributed by atoms with E-state index in [9.17, 15) is 0 Å². The summed E-state index contributed by atoms with van der Waals surface area (Å²) >= 11 is 0. The fourth-order valence-electron chi connectivity index (χ4n) is 2.02. The van der Waals surface area contributed by atoms with E-state index in [2.05, 4.69) is 15.5 Å². The van der Waals surface area contributed by atoms with Gasteiger partial charge in [-0.1, -0.05) is 5.16 Å². The normalized spacial score (nSPS) is 21.2. The lowest BCUT2D eigenvalue weighted by Crippen LogP contribution is -2.31. The first-order valence-electron chi connectivity index (χ1n) is 5.89. The first-order chi connectivity index (χ1) is 7.88. The Labute approximate surface area is 95.6 Å². The van der Waals surface area contributed by atoms with Crippen molar-refractivity contribution in [1.29, 1.82) is 0 Å². The minimum Gasteiger partial charge on any atom is -0.384 e. The van der Waals surface area contributed by atoms with Crippen LogP contribution in [0.25, 0.3) is 0 Å². The molecule has 90 valence electrons. The molecule has 0 radical (unpaired) electrons. The Morgan fingerprint density at radius 3 is 3.25 bits per heavy atom. The van der Waals surface area contributed by atoms with Crippen LogP contribution in [0.2, 0.25) is 0 Å². The zero-order valence-electron chi connectivity index (χ0n) is 9.74. The van der Waals surface area contributed by atoms with Gasteiger partial charge >= 0.3 is 0 Å². The summed E-state index contributed by atoms with van der Waals surface area (Å²) in [5.41, 5.74) is 0. The lowest BCUT2D eigenvalue weighted by Gasteiger charge is -2.20. The van der Waals surface area contributed by atoms with Gasteiger partial charge in [-0.05, 0) is 31.8 Å². The molecule has 1 aromatic rings. The monoisotopic (exact) mass is 225 g/mol. The summed E-state index contributed by atoms with van der Waals surface area (Å²) in [7, 11) is 1.67. The van der Waals surface area contributed by atoms with Gasteiger partial charge in [-0.25, -0.2) is 0 Å². The molecule has 1 aliphatic rings. The van der Waals surface area contributed by atoms with E-state index in [1.807, 2.05) is 0 Å². The molecule has 1 saturated heterocycles. The minimum atomic E-state index is 0.632. The molecule has 0 spiro atoms. The third-order valence-electron chi connectivity index (χ3n) is 2.90. The molecule has 1 N–H and O–H groups in total. The zero-order valence-corrected chi connectivity index (χ0v) is 9.74. The zero-order chi connectivity index (χ0) is 11.2. The Kier molecular flexibility index (Phi) is 4.30. The topological polar surface area (TPSA) is 60.2 Å². The second-order valence-electron chi connectivity index (χ2n) is 4.26. The first kappa shape index (κ1) is 11.5. The predicted molar refractivity (Wildman–Crippen MR) is 59.2 cm³/mol. The summed E-state index contributed by atoms with van der Waals surface area (Å²) in [6.07, 6.45) is 4.13. The summed E-state index contributed by atoms with van der Waals surface area (Å²) in [6, 6.07) is 0. The van der Waals surface area contributed by atoms with Crippen LogP contribution in [-0.2, 0) is 17.6 Å². The van der Waals surface area contributed by atoms with Crippen LogP contribution in [0.3, 0.4) is 0 Å². The predicted octanol–water partition coefficient (Wildman–Crippen LogP) is 0.801. The molecular weight excluding hydrogens is 206 g/mol. The second kappa shape index (κ2) is 5.96. The van der Waals surface area contributed by atoms with Crippen LogP contribution in [-0.4, -0.2) is 36.9 Å². The molecule has 1 aliphatic heterocycles. The standard InChI is InChI=1S/C11H19N3O2/c1-15-6-4-11-13-10(14-16-11)7-9-3-2-5-12-8-9/h9,12H,2-8H2,1H3. The van der Waals surface area contributed by atoms with E-state index in [1.165, 1.54) is 12.8 Å². The minimum absolute atomic E-state index is 0.632. The number of hydrogen-bond acceptors (Lipinski definition) is 5. The average molecular weight is 225 g/mol. The third kappa shape index (κ3) is 3.28. The molecule has 1 fully saturated rings. The van der Waals surface area contributed by atoms with E-state index in [1.54, 1.807) is 7.11 Å². The highest BCUT2D eigenvalue weighted by atomic mass is 16.5. The molecule has 1 atom stereocenters. The summed E-state index contributed by atoms with van der Waals surface area (Å²) in [5, 5.41) is 7.38. The Bertz CT molecular complexity index is 308. The van der Waals surface area contributed by atoms with Crippen LogP contribution < -0.4 is 5.32 Å².